The van der Waals surface area contributed by atoms with Crippen LogP contribution in [0.3, 0.4) is 0 Å². The van der Waals surface area contributed by atoms with Crippen LogP contribution in [0, 0.1) is 0 Å². The molecule has 2 rings (SSSR count). The van der Waals surface area contributed by atoms with Crippen molar-refractivity contribution in [1.29, 1.82) is 0 Å². The molecular formula is C11H18N2O3. The van der Waals surface area contributed by atoms with Crippen LogP contribution in [0.4, 0.5) is 0 Å². The van der Waals surface area contributed by atoms with Gasteiger partial charge in [0.25, 0.3) is 0 Å². The van der Waals surface area contributed by atoms with E-state index in [0.717, 1.165) is 25.7 Å². The number of amides is 1. The largest absolute Gasteiger partial charge is 0.467 e. The number of nitrogens with two attached hydrogens (primary N) is 1. The minimum absolute atomic E-state index is 0.0772. The van der Waals surface area contributed by atoms with Gasteiger partial charge in [-0.2, -0.15) is 0 Å². The van der Waals surface area contributed by atoms with Crippen molar-refractivity contribution in [2.24, 2.45) is 5.73 Å². The predicted molar refractivity (Wildman–Crippen MR) is 57.5 cm³/mol. The Hall–Kier alpha value is -1.10. The Balaban J connectivity index is 2.08. The number of rotatable bonds is 2. The normalized spacial score (nSPS) is 27.4. The third-order valence-corrected chi connectivity index (χ3v) is 3.66. The van der Waals surface area contributed by atoms with Gasteiger partial charge in [-0.1, -0.05) is 0 Å². The summed E-state index contributed by atoms with van der Waals surface area (Å²) in [6.45, 7) is 0.623. The molecule has 5 nitrogen and oxygen atoms in total. The molecule has 1 atom stereocenters. The first-order valence-electron chi connectivity index (χ1n) is 5.76. The number of esters is 1. The molecule has 0 aromatic carbocycles. The summed E-state index contributed by atoms with van der Waals surface area (Å²) in [6, 6.07) is -0.418. The molecule has 1 amide bonds. The van der Waals surface area contributed by atoms with Crippen molar-refractivity contribution in [2.75, 3.05) is 13.7 Å². The fourth-order valence-electron chi connectivity index (χ4n) is 2.45. The molecule has 2 aliphatic rings. The van der Waals surface area contributed by atoms with Crippen molar-refractivity contribution in [2.45, 2.75) is 43.7 Å². The fraction of sp³-hybridized carbons (Fsp3) is 0.818. The van der Waals surface area contributed by atoms with E-state index in [0.29, 0.717) is 13.0 Å². The number of methoxy groups -OCH3 is 1. The highest BCUT2D eigenvalue weighted by Gasteiger charge is 2.47. The van der Waals surface area contributed by atoms with Crippen LogP contribution < -0.4 is 5.73 Å². The number of ether oxygens (including phenoxy) is 1. The number of hydrogen-bond donors (Lipinski definition) is 1. The molecule has 1 aliphatic carbocycles. The first-order chi connectivity index (χ1) is 7.58. The average molecular weight is 226 g/mol. The lowest BCUT2D eigenvalue weighted by Crippen LogP contribution is -2.61. The summed E-state index contributed by atoms with van der Waals surface area (Å²) in [6.07, 6.45) is 4.00. The van der Waals surface area contributed by atoms with Crippen LogP contribution >= 0.6 is 0 Å². The summed E-state index contributed by atoms with van der Waals surface area (Å²) in [5.41, 5.74) is 5.27. The maximum absolute atomic E-state index is 12.2. The van der Waals surface area contributed by atoms with Gasteiger partial charge >= 0.3 is 5.97 Å². The van der Waals surface area contributed by atoms with Gasteiger partial charge in [0, 0.05) is 6.54 Å². The van der Waals surface area contributed by atoms with Crippen LogP contribution in [0.2, 0.25) is 0 Å². The molecule has 0 radical (unpaired) electrons. The molecule has 0 aromatic heterocycles. The van der Waals surface area contributed by atoms with Gasteiger partial charge in [0.05, 0.1) is 12.6 Å². The molecule has 0 spiro atoms. The highest BCUT2D eigenvalue weighted by molar-refractivity contribution is 5.91. The van der Waals surface area contributed by atoms with Crippen molar-refractivity contribution in [3.63, 3.8) is 0 Å². The Morgan fingerprint density at radius 1 is 1.38 bits per heavy atom. The summed E-state index contributed by atoms with van der Waals surface area (Å²) in [5, 5.41) is 0. The van der Waals surface area contributed by atoms with Crippen molar-refractivity contribution in [1.82, 2.24) is 4.90 Å². The lowest BCUT2D eigenvalue weighted by molar-refractivity contribution is -0.154. The van der Waals surface area contributed by atoms with E-state index >= 15 is 0 Å². The van der Waals surface area contributed by atoms with Crippen molar-refractivity contribution in [3.8, 4) is 0 Å². The molecule has 1 saturated carbocycles. The molecule has 5 heteroatoms. The zero-order chi connectivity index (χ0) is 11.8. The van der Waals surface area contributed by atoms with Gasteiger partial charge in [0.2, 0.25) is 5.91 Å². The number of carbonyl (C=O) groups excluding carboxylic acids is 2. The van der Waals surface area contributed by atoms with Crippen molar-refractivity contribution in [3.05, 3.63) is 0 Å². The zero-order valence-electron chi connectivity index (χ0n) is 9.57. The molecule has 1 aliphatic heterocycles. The smallest absolute Gasteiger partial charge is 0.328 e. The summed E-state index contributed by atoms with van der Waals surface area (Å²) in [4.78, 5) is 25.3. The number of likely N-dealkylation sites (tertiary alicyclic amines) is 1. The Labute approximate surface area is 94.9 Å². The predicted octanol–water partition coefficient (Wildman–Crippen LogP) is 0.0318. The van der Waals surface area contributed by atoms with Crippen LogP contribution in [0.1, 0.15) is 32.1 Å². The van der Waals surface area contributed by atoms with E-state index in [1.165, 1.54) is 7.11 Å². The van der Waals surface area contributed by atoms with Gasteiger partial charge in [-0.3, -0.25) is 4.79 Å². The second-order valence-corrected chi connectivity index (χ2v) is 4.69. The molecule has 0 aromatic rings. The quantitative estimate of drug-likeness (QED) is 0.674. The second kappa shape index (κ2) is 4.05. The lowest BCUT2D eigenvalue weighted by atomic mass is 9.76. The Kier molecular flexibility index (Phi) is 2.88. The van der Waals surface area contributed by atoms with Crippen LogP contribution in [-0.4, -0.2) is 42.0 Å². The Morgan fingerprint density at radius 2 is 2.06 bits per heavy atom. The number of hydrogen-bond acceptors (Lipinski definition) is 4. The molecule has 1 heterocycles. The van der Waals surface area contributed by atoms with Gasteiger partial charge in [0.1, 0.15) is 6.04 Å². The van der Waals surface area contributed by atoms with Crippen molar-refractivity contribution >= 4 is 11.9 Å². The maximum atomic E-state index is 12.2. The van der Waals surface area contributed by atoms with Crippen LogP contribution in [0.5, 0.6) is 0 Å². The Morgan fingerprint density at radius 3 is 2.56 bits per heavy atom. The van der Waals surface area contributed by atoms with Gasteiger partial charge in [-0.05, 0) is 32.1 Å². The van der Waals surface area contributed by atoms with Gasteiger partial charge in [-0.15, -0.1) is 0 Å². The fourth-order valence-corrected chi connectivity index (χ4v) is 2.45. The van der Waals surface area contributed by atoms with Crippen LogP contribution in [-0.2, 0) is 14.3 Å². The summed E-state index contributed by atoms with van der Waals surface area (Å²) < 4.78 is 4.71. The van der Waals surface area contributed by atoms with E-state index in [1.54, 1.807) is 4.90 Å². The minimum Gasteiger partial charge on any atom is -0.467 e. The van der Waals surface area contributed by atoms with E-state index in [-0.39, 0.29) is 11.9 Å². The van der Waals surface area contributed by atoms with Crippen LogP contribution in [0.25, 0.3) is 0 Å². The monoisotopic (exact) mass is 226 g/mol. The lowest BCUT2D eigenvalue weighted by Gasteiger charge is -2.40. The SMILES string of the molecule is COC(=O)C1CCCN1C(=O)C1(N)CCC1. The number of nitrogens with zero attached hydrogens (tertiary/aromatic N) is 1. The third kappa shape index (κ3) is 1.69. The highest BCUT2D eigenvalue weighted by atomic mass is 16.5. The zero-order valence-corrected chi connectivity index (χ0v) is 9.57. The molecule has 16 heavy (non-hydrogen) atoms. The number of carbonyl (C=O) groups is 2. The molecule has 2 fully saturated rings. The topological polar surface area (TPSA) is 72.6 Å². The van der Waals surface area contributed by atoms with E-state index in [2.05, 4.69) is 0 Å². The summed E-state index contributed by atoms with van der Waals surface area (Å²) in [5.74, 6) is -0.402. The van der Waals surface area contributed by atoms with Crippen molar-refractivity contribution < 1.29 is 14.3 Å². The first kappa shape index (κ1) is 11.4. The van der Waals surface area contributed by atoms with E-state index < -0.39 is 11.6 Å². The minimum atomic E-state index is -0.712. The first-order valence-corrected chi connectivity index (χ1v) is 5.76. The third-order valence-electron chi connectivity index (χ3n) is 3.66. The molecule has 90 valence electrons. The summed E-state index contributed by atoms with van der Waals surface area (Å²) in [7, 11) is 1.35. The average Bonchev–Trinajstić information content (AvgIpc) is 2.72. The van der Waals surface area contributed by atoms with Gasteiger partial charge < -0.3 is 15.4 Å². The van der Waals surface area contributed by atoms with Crippen LogP contribution in [0.15, 0.2) is 0 Å². The second-order valence-electron chi connectivity index (χ2n) is 4.69. The standard InChI is InChI=1S/C11H18N2O3/c1-16-9(14)8-4-2-7-13(8)10(15)11(12)5-3-6-11/h8H,2-7,12H2,1H3. The molecule has 2 N–H and O–H groups in total. The van der Waals surface area contributed by atoms with E-state index in [4.69, 9.17) is 10.5 Å². The van der Waals surface area contributed by atoms with Gasteiger partial charge in [-0.25, -0.2) is 4.79 Å². The Bertz CT molecular complexity index is 312. The highest BCUT2D eigenvalue weighted by Crippen LogP contribution is 2.33. The van der Waals surface area contributed by atoms with E-state index in [9.17, 15) is 9.59 Å². The molecule has 0 bridgehead atoms. The molecule has 1 unspecified atom stereocenters. The maximum Gasteiger partial charge on any atom is 0.328 e. The summed E-state index contributed by atoms with van der Waals surface area (Å²) >= 11 is 0. The molecule has 1 saturated heterocycles. The molecular weight excluding hydrogens is 208 g/mol. The van der Waals surface area contributed by atoms with Gasteiger partial charge in [0.15, 0.2) is 0 Å². The van der Waals surface area contributed by atoms with E-state index in [1.807, 2.05) is 0 Å².